The van der Waals surface area contributed by atoms with Crippen molar-refractivity contribution in [2.45, 2.75) is 30.5 Å². The van der Waals surface area contributed by atoms with Gasteiger partial charge >= 0.3 is 0 Å². The molecule has 0 aromatic carbocycles. The summed E-state index contributed by atoms with van der Waals surface area (Å²) < 4.78 is 26.5. The van der Waals surface area contributed by atoms with Crippen LogP contribution >= 0.6 is 23.7 Å². The first-order chi connectivity index (χ1) is 9.72. The van der Waals surface area contributed by atoms with Gasteiger partial charge in [-0.15, -0.1) is 23.7 Å². The van der Waals surface area contributed by atoms with Crippen molar-refractivity contribution in [2.24, 2.45) is 11.1 Å². The minimum Gasteiger partial charge on any atom is -0.341 e. The number of amides is 1. The van der Waals surface area contributed by atoms with Gasteiger partial charge in [-0.05, 0) is 23.3 Å². The molecule has 1 amide bonds. The molecule has 1 saturated heterocycles. The number of likely N-dealkylation sites (tertiary alicyclic amines) is 1. The summed E-state index contributed by atoms with van der Waals surface area (Å²) in [6.45, 7) is 4.95. The van der Waals surface area contributed by atoms with Crippen molar-refractivity contribution in [1.82, 2.24) is 9.62 Å². The number of halogens is 1. The van der Waals surface area contributed by atoms with Gasteiger partial charge in [0, 0.05) is 19.1 Å². The Balaban J connectivity index is 0.00000242. The first kappa shape index (κ1) is 19.4. The van der Waals surface area contributed by atoms with E-state index in [1.165, 1.54) is 6.07 Å². The Morgan fingerprint density at radius 2 is 2.23 bits per heavy atom. The molecule has 126 valence electrons. The maximum atomic E-state index is 12.2. The molecule has 3 N–H and O–H groups in total. The van der Waals surface area contributed by atoms with E-state index >= 15 is 0 Å². The number of hydrogen-bond donors (Lipinski definition) is 2. The smallest absolute Gasteiger partial charge is 0.250 e. The molecule has 9 heteroatoms. The van der Waals surface area contributed by atoms with Crippen LogP contribution in [0.3, 0.4) is 0 Å². The normalized spacial score (nSPS) is 21.2. The lowest BCUT2D eigenvalue weighted by molar-refractivity contribution is -0.133. The van der Waals surface area contributed by atoms with E-state index in [1.54, 1.807) is 16.3 Å². The van der Waals surface area contributed by atoms with Crippen LogP contribution in [-0.4, -0.2) is 44.9 Å². The number of nitrogens with one attached hydrogen (secondary N) is 1. The van der Waals surface area contributed by atoms with Gasteiger partial charge in [-0.2, -0.15) is 0 Å². The zero-order chi connectivity index (χ0) is 15.7. The van der Waals surface area contributed by atoms with Crippen molar-refractivity contribution >= 4 is 39.7 Å². The molecule has 2 rings (SSSR count). The number of nitrogens with two attached hydrogens (primary N) is 1. The predicted octanol–water partition coefficient (Wildman–Crippen LogP) is 1.03. The second kappa shape index (κ2) is 7.27. The summed E-state index contributed by atoms with van der Waals surface area (Å²) in [5.74, 6) is -0.213. The molecule has 1 unspecified atom stereocenters. The quantitative estimate of drug-likeness (QED) is 0.831. The third-order valence-electron chi connectivity index (χ3n) is 3.84. The van der Waals surface area contributed by atoms with Crippen molar-refractivity contribution in [2.75, 3.05) is 19.6 Å². The molecule has 0 bridgehead atoms. The monoisotopic (exact) mass is 367 g/mol. The van der Waals surface area contributed by atoms with Crippen molar-refractivity contribution in [3.63, 3.8) is 0 Å². The van der Waals surface area contributed by atoms with Crippen LogP contribution in [-0.2, 0) is 14.8 Å². The Hall–Kier alpha value is -0.670. The lowest BCUT2D eigenvalue weighted by Gasteiger charge is -2.42. The van der Waals surface area contributed by atoms with Crippen molar-refractivity contribution in [3.05, 3.63) is 17.5 Å². The lowest BCUT2D eigenvalue weighted by Crippen LogP contribution is -2.55. The zero-order valence-corrected chi connectivity index (χ0v) is 15.1. The first-order valence-corrected chi connectivity index (χ1v) is 9.15. The fourth-order valence-electron chi connectivity index (χ4n) is 2.34. The first-order valence-electron chi connectivity index (χ1n) is 6.79. The van der Waals surface area contributed by atoms with Gasteiger partial charge in [-0.1, -0.05) is 19.9 Å². The Morgan fingerprint density at radius 3 is 2.77 bits per heavy atom. The van der Waals surface area contributed by atoms with Crippen LogP contribution in [0.5, 0.6) is 0 Å². The summed E-state index contributed by atoms with van der Waals surface area (Å²) in [4.78, 5) is 13.9. The van der Waals surface area contributed by atoms with Gasteiger partial charge in [-0.25, -0.2) is 13.1 Å². The lowest BCUT2D eigenvalue weighted by atomic mass is 9.80. The average molecular weight is 368 g/mol. The summed E-state index contributed by atoms with van der Waals surface area (Å²) in [5.41, 5.74) is 5.88. The molecule has 1 aliphatic rings. The SMILES string of the molecule is CC1(C)CN(C(=O)CNS(=O)(=O)c2cccs2)CCC1N.Cl. The van der Waals surface area contributed by atoms with Crippen molar-refractivity contribution in [1.29, 1.82) is 0 Å². The van der Waals surface area contributed by atoms with E-state index in [9.17, 15) is 13.2 Å². The molecular weight excluding hydrogens is 346 g/mol. The van der Waals surface area contributed by atoms with Crippen LogP contribution in [0.2, 0.25) is 0 Å². The number of thiophene rings is 1. The summed E-state index contributed by atoms with van der Waals surface area (Å²) in [6, 6.07) is 3.24. The third kappa shape index (κ3) is 4.42. The van der Waals surface area contributed by atoms with Crippen LogP contribution in [0.15, 0.2) is 21.7 Å². The number of sulfonamides is 1. The minimum absolute atomic E-state index is 0. The summed E-state index contributed by atoms with van der Waals surface area (Å²) in [6.07, 6.45) is 0.733. The number of nitrogens with zero attached hydrogens (tertiary/aromatic N) is 1. The molecule has 0 saturated carbocycles. The van der Waals surface area contributed by atoms with Crippen LogP contribution < -0.4 is 10.5 Å². The molecule has 0 radical (unpaired) electrons. The second-order valence-corrected chi connectivity index (χ2v) is 8.90. The molecule has 0 spiro atoms. The van der Waals surface area contributed by atoms with Gasteiger partial charge in [0.25, 0.3) is 10.0 Å². The average Bonchev–Trinajstić information content (AvgIpc) is 2.94. The van der Waals surface area contributed by atoms with Gasteiger partial charge < -0.3 is 10.6 Å². The van der Waals surface area contributed by atoms with Crippen LogP contribution in [0.1, 0.15) is 20.3 Å². The Labute approximate surface area is 141 Å². The highest BCUT2D eigenvalue weighted by Crippen LogP contribution is 2.27. The summed E-state index contributed by atoms with van der Waals surface area (Å²) >= 11 is 1.13. The summed E-state index contributed by atoms with van der Waals surface area (Å²) in [5, 5.41) is 1.69. The number of hydrogen-bond acceptors (Lipinski definition) is 5. The molecular formula is C13H22ClN3O3S2. The molecule has 1 atom stereocenters. The topological polar surface area (TPSA) is 92.5 Å². The van der Waals surface area contributed by atoms with E-state index in [-0.39, 0.29) is 40.5 Å². The highest BCUT2D eigenvalue weighted by atomic mass is 35.5. The number of rotatable bonds is 4. The molecule has 1 fully saturated rings. The standard InChI is InChI=1S/C13H21N3O3S2.ClH/c1-13(2)9-16(6-5-10(13)14)11(17)8-15-21(18,19)12-4-3-7-20-12;/h3-4,7,10,15H,5-6,8-9,14H2,1-2H3;1H. The van der Waals surface area contributed by atoms with Gasteiger partial charge in [0.1, 0.15) is 4.21 Å². The van der Waals surface area contributed by atoms with E-state index in [0.29, 0.717) is 13.1 Å². The van der Waals surface area contributed by atoms with Gasteiger partial charge in [0.15, 0.2) is 0 Å². The van der Waals surface area contributed by atoms with Crippen molar-refractivity contribution in [3.8, 4) is 0 Å². The number of carbonyl (C=O) groups is 1. The maximum Gasteiger partial charge on any atom is 0.250 e. The van der Waals surface area contributed by atoms with Crippen LogP contribution in [0.4, 0.5) is 0 Å². The largest absolute Gasteiger partial charge is 0.341 e. The molecule has 1 aliphatic heterocycles. The molecule has 2 heterocycles. The number of carbonyl (C=O) groups excluding carboxylic acids is 1. The zero-order valence-electron chi connectivity index (χ0n) is 12.6. The van der Waals surface area contributed by atoms with Crippen LogP contribution in [0, 0.1) is 5.41 Å². The molecule has 1 aromatic rings. The van der Waals surface area contributed by atoms with Gasteiger partial charge in [-0.3, -0.25) is 4.79 Å². The highest BCUT2D eigenvalue weighted by molar-refractivity contribution is 7.91. The minimum atomic E-state index is -3.59. The van der Waals surface area contributed by atoms with E-state index < -0.39 is 10.0 Å². The Morgan fingerprint density at radius 1 is 1.55 bits per heavy atom. The van der Waals surface area contributed by atoms with Gasteiger partial charge in [0.2, 0.25) is 5.91 Å². The van der Waals surface area contributed by atoms with Crippen LogP contribution in [0.25, 0.3) is 0 Å². The molecule has 6 nitrogen and oxygen atoms in total. The van der Waals surface area contributed by atoms with E-state index in [2.05, 4.69) is 4.72 Å². The summed E-state index contributed by atoms with van der Waals surface area (Å²) in [7, 11) is -3.59. The Kier molecular flexibility index (Phi) is 6.40. The fourth-order valence-corrected chi connectivity index (χ4v) is 4.35. The van der Waals surface area contributed by atoms with Gasteiger partial charge in [0.05, 0.1) is 6.54 Å². The van der Waals surface area contributed by atoms with E-state index in [1.807, 2.05) is 13.8 Å². The number of piperidine rings is 1. The highest BCUT2D eigenvalue weighted by Gasteiger charge is 2.35. The Bertz CT molecular complexity index is 602. The second-order valence-electron chi connectivity index (χ2n) is 5.96. The molecule has 1 aromatic heterocycles. The maximum absolute atomic E-state index is 12.2. The van der Waals surface area contributed by atoms with E-state index in [0.717, 1.165) is 17.8 Å². The predicted molar refractivity (Wildman–Crippen MR) is 89.7 cm³/mol. The fraction of sp³-hybridized carbons (Fsp3) is 0.615. The molecule has 0 aliphatic carbocycles. The third-order valence-corrected chi connectivity index (χ3v) is 6.64. The van der Waals surface area contributed by atoms with E-state index in [4.69, 9.17) is 5.73 Å². The molecule has 22 heavy (non-hydrogen) atoms. The van der Waals surface area contributed by atoms with Crippen molar-refractivity contribution < 1.29 is 13.2 Å².